The first-order valence-electron chi connectivity index (χ1n) is 9.45. The molecule has 31 heavy (non-hydrogen) atoms. The lowest BCUT2D eigenvalue weighted by Crippen LogP contribution is -2.27. The molecule has 0 spiro atoms. The molecule has 0 atom stereocenters. The van der Waals surface area contributed by atoms with E-state index in [9.17, 15) is 9.59 Å². The first kappa shape index (κ1) is 22.6. The van der Waals surface area contributed by atoms with E-state index < -0.39 is 0 Å². The molecule has 2 aromatic carbocycles. The SMILES string of the molecule is C=CCN1C(=O)C(=Cc2ccc(OCC(=O)Nc3cccc(C)c3)c(OC)c2)SC1=S. The van der Waals surface area contributed by atoms with E-state index in [0.717, 1.165) is 11.1 Å². The van der Waals surface area contributed by atoms with E-state index in [1.807, 2.05) is 31.2 Å². The van der Waals surface area contributed by atoms with Crippen molar-refractivity contribution in [2.75, 3.05) is 25.6 Å². The van der Waals surface area contributed by atoms with Gasteiger partial charge in [0.2, 0.25) is 0 Å². The van der Waals surface area contributed by atoms with Crippen molar-refractivity contribution in [2.45, 2.75) is 6.92 Å². The van der Waals surface area contributed by atoms with Gasteiger partial charge in [-0.2, -0.15) is 0 Å². The van der Waals surface area contributed by atoms with Crippen molar-refractivity contribution < 1.29 is 19.1 Å². The van der Waals surface area contributed by atoms with Crippen LogP contribution in [0.4, 0.5) is 5.69 Å². The second kappa shape index (κ2) is 10.3. The largest absolute Gasteiger partial charge is 0.493 e. The van der Waals surface area contributed by atoms with Gasteiger partial charge in [0.1, 0.15) is 4.32 Å². The first-order chi connectivity index (χ1) is 14.9. The number of nitrogens with one attached hydrogen (secondary N) is 1. The van der Waals surface area contributed by atoms with Gasteiger partial charge in [-0.25, -0.2) is 0 Å². The normalized spacial score (nSPS) is 14.6. The predicted octanol–water partition coefficient (Wildman–Crippen LogP) is 4.41. The van der Waals surface area contributed by atoms with Crippen LogP contribution in [-0.4, -0.2) is 41.3 Å². The number of carbonyl (C=O) groups is 2. The third-order valence-corrected chi connectivity index (χ3v) is 5.71. The highest BCUT2D eigenvalue weighted by molar-refractivity contribution is 8.26. The number of thioether (sulfide) groups is 1. The lowest BCUT2D eigenvalue weighted by Gasteiger charge is -2.12. The first-order valence-corrected chi connectivity index (χ1v) is 10.7. The Balaban J connectivity index is 1.67. The fourth-order valence-corrected chi connectivity index (χ4v) is 4.17. The third-order valence-electron chi connectivity index (χ3n) is 4.33. The summed E-state index contributed by atoms with van der Waals surface area (Å²) in [4.78, 5) is 26.7. The predicted molar refractivity (Wildman–Crippen MR) is 128 cm³/mol. The highest BCUT2D eigenvalue weighted by atomic mass is 32.2. The number of benzene rings is 2. The molecule has 1 aliphatic heterocycles. The minimum Gasteiger partial charge on any atom is -0.493 e. The van der Waals surface area contributed by atoms with Crippen LogP contribution in [0.3, 0.4) is 0 Å². The van der Waals surface area contributed by atoms with Crippen LogP contribution in [0.15, 0.2) is 60.0 Å². The number of anilines is 1. The smallest absolute Gasteiger partial charge is 0.266 e. The number of carbonyl (C=O) groups excluding carboxylic acids is 2. The summed E-state index contributed by atoms with van der Waals surface area (Å²) < 4.78 is 11.5. The number of rotatable bonds is 8. The van der Waals surface area contributed by atoms with Crippen LogP contribution in [0.25, 0.3) is 6.08 Å². The molecular formula is C23H22N2O4S2. The summed E-state index contributed by atoms with van der Waals surface area (Å²) in [6.45, 7) is 5.82. The molecule has 0 unspecified atom stereocenters. The molecule has 0 saturated carbocycles. The fourth-order valence-electron chi connectivity index (χ4n) is 2.89. The maximum absolute atomic E-state index is 12.5. The number of aryl methyl sites for hydroxylation is 1. The van der Waals surface area contributed by atoms with Crippen LogP contribution >= 0.6 is 24.0 Å². The number of nitrogens with zero attached hydrogens (tertiary/aromatic N) is 1. The van der Waals surface area contributed by atoms with Crippen molar-refractivity contribution in [1.82, 2.24) is 4.90 Å². The number of ether oxygens (including phenoxy) is 2. The molecule has 1 N–H and O–H groups in total. The van der Waals surface area contributed by atoms with Gasteiger partial charge in [0.25, 0.3) is 11.8 Å². The van der Waals surface area contributed by atoms with Gasteiger partial charge in [-0.1, -0.05) is 48.3 Å². The van der Waals surface area contributed by atoms with Gasteiger partial charge >= 0.3 is 0 Å². The molecule has 8 heteroatoms. The van der Waals surface area contributed by atoms with Crippen LogP contribution in [0.2, 0.25) is 0 Å². The van der Waals surface area contributed by atoms with Gasteiger partial charge in [0.15, 0.2) is 18.1 Å². The number of hydrogen-bond acceptors (Lipinski definition) is 6. The van der Waals surface area contributed by atoms with Crippen molar-refractivity contribution in [3.05, 3.63) is 71.2 Å². The van der Waals surface area contributed by atoms with Gasteiger partial charge in [-0.05, 0) is 48.4 Å². The number of methoxy groups -OCH3 is 1. The Morgan fingerprint density at radius 2 is 2.06 bits per heavy atom. The van der Waals surface area contributed by atoms with Gasteiger partial charge in [-0.3, -0.25) is 14.5 Å². The van der Waals surface area contributed by atoms with Crippen molar-refractivity contribution in [1.29, 1.82) is 0 Å². The lowest BCUT2D eigenvalue weighted by molar-refractivity contribution is -0.121. The molecule has 0 aliphatic carbocycles. The van der Waals surface area contributed by atoms with Crippen LogP contribution in [0.1, 0.15) is 11.1 Å². The summed E-state index contributed by atoms with van der Waals surface area (Å²) in [5.41, 5.74) is 2.52. The van der Waals surface area contributed by atoms with E-state index in [1.54, 1.807) is 30.4 Å². The second-order valence-electron chi connectivity index (χ2n) is 6.70. The maximum Gasteiger partial charge on any atom is 0.266 e. The van der Waals surface area contributed by atoms with Gasteiger partial charge in [0, 0.05) is 12.2 Å². The van der Waals surface area contributed by atoms with Gasteiger partial charge in [-0.15, -0.1) is 6.58 Å². The Morgan fingerprint density at radius 1 is 1.26 bits per heavy atom. The third kappa shape index (κ3) is 5.74. The molecule has 1 fully saturated rings. The summed E-state index contributed by atoms with van der Waals surface area (Å²) in [6, 6.07) is 12.8. The van der Waals surface area contributed by atoms with E-state index in [0.29, 0.717) is 33.0 Å². The monoisotopic (exact) mass is 454 g/mol. The lowest BCUT2D eigenvalue weighted by atomic mass is 10.2. The molecule has 3 rings (SSSR count). The Bertz CT molecular complexity index is 1070. The topological polar surface area (TPSA) is 67.9 Å². The van der Waals surface area contributed by atoms with Crippen LogP contribution in [0.5, 0.6) is 11.5 Å². The minimum atomic E-state index is -0.275. The molecule has 0 bridgehead atoms. The second-order valence-corrected chi connectivity index (χ2v) is 8.37. The number of amides is 2. The molecule has 1 saturated heterocycles. The Hall–Kier alpha value is -3.10. The average Bonchev–Trinajstić information content (AvgIpc) is 3.00. The zero-order valence-electron chi connectivity index (χ0n) is 17.2. The standard InChI is InChI=1S/C23H22N2O4S2/c1-4-10-25-22(27)20(31-23(25)30)13-16-8-9-18(19(12-16)28-3)29-14-21(26)24-17-7-5-6-15(2)11-17/h4-9,11-13H,1,10,14H2,2-3H3,(H,24,26). The highest BCUT2D eigenvalue weighted by Gasteiger charge is 2.31. The molecule has 2 aromatic rings. The molecule has 160 valence electrons. The molecule has 1 aliphatic rings. The summed E-state index contributed by atoms with van der Waals surface area (Å²) in [5.74, 6) is 0.460. The van der Waals surface area contributed by atoms with E-state index in [4.69, 9.17) is 21.7 Å². The van der Waals surface area contributed by atoms with E-state index >= 15 is 0 Å². The van der Waals surface area contributed by atoms with Crippen molar-refractivity contribution in [3.63, 3.8) is 0 Å². The van der Waals surface area contributed by atoms with Crippen LogP contribution in [-0.2, 0) is 9.59 Å². The fraction of sp³-hybridized carbons (Fsp3) is 0.174. The summed E-state index contributed by atoms with van der Waals surface area (Å²) >= 11 is 6.50. The minimum absolute atomic E-state index is 0.151. The van der Waals surface area contributed by atoms with Crippen LogP contribution < -0.4 is 14.8 Å². The molecule has 0 radical (unpaired) electrons. The molecule has 6 nitrogen and oxygen atoms in total. The van der Waals surface area contributed by atoms with Gasteiger partial charge < -0.3 is 14.8 Å². The molecular weight excluding hydrogens is 432 g/mol. The van der Waals surface area contributed by atoms with Gasteiger partial charge in [0.05, 0.1) is 12.0 Å². The van der Waals surface area contributed by atoms with Crippen molar-refractivity contribution in [3.8, 4) is 11.5 Å². The Labute approximate surface area is 190 Å². The molecule has 2 amide bonds. The number of thiocarbonyl (C=S) groups is 1. The highest BCUT2D eigenvalue weighted by Crippen LogP contribution is 2.34. The summed E-state index contributed by atoms with van der Waals surface area (Å²) in [7, 11) is 1.52. The molecule has 0 aromatic heterocycles. The number of hydrogen-bond donors (Lipinski definition) is 1. The maximum atomic E-state index is 12.5. The zero-order chi connectivity index (χ0) is 22.4. The zero-order valence-corrected chi connectivity index (χ0v) is 18.8. The Morgan fingerprint density at radius 3 is 2.77 bits per heavy atom. The van der Waals surface area contributed by atoms with Crippen LogP contribution in [0, 0.1) is 6.92 Å². The average molecular weight is 455 g/mol. The van der Waals surface area contributed by atoms with E-state index in [1.165, 1.54) is 23.8 Å². The Kier molecular flexibility index (Phi) is 7.49. The quantitative estimate of drug-likeness (QED) is 0.362. The van der Waals surface area contributed by atoms with Crippen molar-refractivity contribution >= 4 is 51.9 Å². The van der Waals surface area contributed by atoms with E-state index in [-0.39, 0.29) is 18.4 Å². The van der Waals surface area contributed by atoms with E-state index in [2.05, 4.69) is 11.9 Å². The summed E-state index contributed by atoms with van der Waals surface area (Å²) in [6.07, 6.45) is 3.39. The van der Waals surface area contributed by atoms with Crippen molar-refractivity contribution in [2.24, 2.45) is 0 Å². The summed E-state index contributed by atoms with van der Waals surface area (Å²) in [5, 5.41) is 2.80. The molecule has 1 heterocycles.